The third-order valence-electron chi connectivity index (χ3n) is 2.29. The second kappa shape index (κ2) is 5.58. The van der Waals surface area contributed by atoms with Crippen molar-refractivity contribution in [2.24, 2.45) is 0 Å². The number of carboxylic acid groups (broad SMARTS) is 1. The molecule has 2 N–H and O–H groups in total. The predicted molar refractivity (Wildman–Crippen MR) is 74.8 cm³/mol. The Morgan fingerprint density at radius 2 is 2.33 bits per heavy atom. The van der Waals surface area contributed by atoms with Crippen molar-refractivity contribution in [1.29, 1.82) is 0 Å². The van der Waals surface area contributed by atoms with E-state index < -0.39 is 5.97 Å². The number of halogens is 1. The van der Waals surface area contributed by atoms with E-state index in [1.807, 2.05) is 31.2 Å². The maximum absolute atomic E-state index is 10.5. The lowest BCUT2D eigenvalue weighted by molar-refractivity contribution is -0.133. The number of hydrogen-bond acceptors (Lipinski definition) is 3. The van der Waals surface area contributed by atoms with E-state index in [9.17, 15) is 4.79 Å². The molecule has 1 aromatic carbocycles. The summed E-state index contributed by atoms with van der Waals surface area (Å²) in [5, 5.41) is 9.27. The van der Waals surface area contributed by atoms with Crippen LogP contribution in [0.4, 0.5) is 0 Å². The molecule has 0 radical (unpaired) electrons. The van der Waals surface area contributed by atoms with Crippen LogP contribution < -0.4 is 0 Å². The number of H-pyrrole nitrogens is 1. The van der Waals surface area contributed by atoms with Gasteiger partial charge >= 0.3 is 5.97 Å². The van der Waals surface area contributed by atoms with Gasteiger partial charge in [-0.1, -0.05) is 39.8 Å². The summed E-state index contributed by atoms with van der Waals surface area (Å²) in [6, 6.07) is 7.84. The van der Waals surface area contributed by atoms with Gasteiger partial charge in [0, 0.05) is 15.7 Å². The predicted octanol–water partition coefficient (Wildman–Crippen LogP) is 3.32. The van der Waals surface area contributed by atoms with Gasteiger partial charge in [0.25, 0.3) is 0 Å². The number of imidazole rings is 1. The Balaban J connectivity index is 2.26. The zero-order valence-electron chi connectivity index (χ0n) is 9.61. The summed E-state index contributed by atoms with van der Waals surface area (Å²) >= 11 is 4.60. The number of aromatic amines is 1. The third-order valence-corrected chi connectivity index (χ3v) is 3.64. The monoisotopic (exact) mass is 326 g/mol. The summed E-state index contributed by atoms with van der Waals surface area (Å²) in [5.74, 6) is -0.844. The quantitative estimate of drug-likeness (QED) is 0.846. The summed E-state index contributed by atoms with van der Waals surface area (Å²) < 4.78 is 0.988. The molecule has 0 aliphatic heterocycles. The standard InChI is InChI=1S/C12H11BrN2O2S/c1-7-11(8-3-2-4-9(13)5-8)15-12(14-7)18-6-10(16)17/h2-5H,6H2,1H3,(H,14,15)(H,16,17). The number of carbonyl (C=O) groups is 1. The highest BCUT2D eigenvalue weighted by Gasteiger charge is 2.10. The number of hydrogen-bond donors (Lipinski definition) is 2. The van der Waals surface area contributed by atoms with Crippen LogP contribution in [0.3, 0.4) is 0 Å². The summed E-state index contributed by atoms with van der Waals surface area (Å²) in [4.78, 5) is 18.0. The minimum Gasteiger partial charge on any atom is -0.481 e. The van der Waals surface area contributed by atoms with E-state index in [-0.39, 0.29) is 5.75 Å². The maximum Gasteiger partial charge on any atom is 0.313 e. The number of aliphatic carboxylic acids is 1. The van der Waals surface area contributed by atoms with Gasteiger partial charge in [-0.15, -0.1) is 0 Å². The Morgan fingerprint density at radius 3 is 3.00 bits per heavy atom. The molecule has 2 aromatic rings. The van der Waals surface area contributed by atoms with Crippen molar-refractivity contribution < 1.29 is 9.90 Å². The fourth-order valence-electron chi connectivity index (χ4n) is 1.55. The van der Waals surface area contributed by atoms with Crippen molar-refractivity contribution in [2.45, 2.75) is 12.1 Å². The van der Waals surface area contributed by atoms with Crippen LogP contribution in [0.2, 0.25) is 0 Å². The lowest BCUT2D eigenvalue weighted by atomic mass is 10.1. The molecule has 6 heteroatoms. The summed E-state index contributed by atoms with van der Waals surface area (Å²) in [7, 11) is 0. The van der Waals surface area contributed by atoms with Gasteiger partial charge in [0.1, 0.15) is 0 Å². The molecular weight excluding hydrogens is 316 g/mol. The average molecular weight is 327 g/mol. The van der Waals surface area contributed by atoms with E-state index in [2.05, 4.69) is 25.9 Å². The highest BCUT2D eigenvalue weighted by Crippen LogP contribution is 2.26. The number of aryl methyl sites for hydroxylation is 1. The lowest BCUT2D eigenvalue weighted by Crippen LogP contribution is -1.97. The summed E-state index contributed by atoms with van der Waals surface area (Å²) in [6.07, 6.45) is 0. The number of benzene rings is 1. The van der Waals surface area contributed by atoms with Crippen molar-refractivity contribution in [3.05, 3.63) is 34.4 Å². The van der Waals surface area contributed by atoms with Gasteiger partial charge in [0.15, 0.2) is 5.16 Å². The van der Waals surface area contributed by atoms with E-state index in [1.165, 1.54) is 11.8 Å². The minimum atomic E-state index is -0.849. The molecular formula is C12H11BrN2O2S. The van der Waals surface area contributed by atoms with Crippen LogP contribution in [0.15, 0.2) is 33.9 Å². The Labute approximate surface area is 117 Å². The SMILES string of the molecule is Cc1[nH]c(SCC(=O)O)nc1-c1cccc(Br)c1. The van der Waals surface area contributed by atoms with Gasteiger partial charge < -0.3 is 10.1 Å². The average Bonchev–Trinajstić information content (AvgIpc) is 2.68. The number of nitrogens with one attached hydrogen (secondary N) is 1. The van der Waals surface area contributed by atoms with Gasteiger partial charge in [0.05, 0.1) is 11.4 Å². The number of rotatable bonds is 4. The molecule has 0 fully saturated rings. The van der Waals surface area contributed by atoms with Gasteiger partial charge in [-0.2, -0.15) is 0 Å². The van der Waals surface area contributed by atoms with Crippen LogP contribution in [0, 0.1) is 6.92 Å². The summed E-state index contributed by atoms with van der Waals surface area (Å²) in [5.41, 5.74) is 2.78. The molecule has 0 saturated heterocycles. The van der Waals surface area contributed by atoms with E-state index >= 15 is 0 Å². The molecule has 1 heterocycles. The third kappa shape index (κ3) is 3.14. The Morgan fingerprint density at radius 1 is 1.56 bits per heavy atom. The van der Waals surface area contributed by atoms with E-state index in [0.717, 1.165) is 21.4 Å². The molecule has 1 aromatic heterocycles. The minimum absolute atomic E-state index is 0.00484. The van der Waals surface area contributed by atoms with Gasteiger partial charge in [-0.3, -0.25) is 4.79 Å². The van der Waals surface area contributed by atoms with Gasteiger partial charge in [-0.25, -0.2) is 4.98 Å². The van der Waals surface area contributed by atoms with Crippen LogP contribution in [0.1, 0.15) is 5.69 Å². The fourth-order valence-corrected chi connectivity index (χ4v) is 2.59. The zero-order chi connectivity index (χ0) is 13.1. The van der Waals surface area contributed by atoms with Crippen LogP contribution in [-0.4, -0.2) is 26.8 Å². The van der Waals surface area contributed by atoms with Crippen molar-refractivity contribution in [3.63, 3.8) is 0 Å². The molecule has 0 spiro atoms. The normalized spacial score (nSPS) is 10.6. The van der Waals surface area contributed by atoms with Crippen molar-refractivity contribution in [2.75, 3.05) is 5.75 Å². The molecule has 0 aliphatic rings. The van der Waals surface area contributed by atoms with Crippen molar-refractivity contribution in [3.8, 4) is 11.3 Å². The van der Waals surface area contributed by atoms with Crippen LogP contribution in [0.25, 0.3) is 11.3 Å². The molecule has 0 saturated carbocycles. The van der Waals surface area contributed by atoms with E-state index in [4.69, 9.17) is 5.11 Å². The zero-order valence-corrected chi connectivity index (χ0v) is 12.0. The van der Waals surface area contributed by atoms with E-state index in [1.54, 1.807) is 0 Å². The molecule has 0 amide bonds. The molecule has 18 heavy (non-hydrogen) atoms. The Bertz CT molecular complexity index is 583. The van der Waals surface area contributed by atoms with Gasteiger partial charge in [0.2, 0.25) is 0 Å². The van der Waals surface area contributed by atoms with E-state index in [0.29, 0.717) is 5.16 Å². The second-order valence-electron chi connectivity index (χ2n) is 3.71. The van der Waals surface area contributed by atoms with Crippen LogP contribution in [0.5, 0.6) is 0 Å². The first-order valence-corrected chi connectivity index (χ1v) is 7.01. The maximum atomic E-state index is 10.5. The second-order valence-corrected chi connectivity index (χ2v) is 5.59. The highest BCUT2D eigenvalue weighted by molar-refractivity contribution is 9.10. The first-order chi connectivity index (χ1) is 8.56. The molecule has 0 unspecified atom stereocenters. The Kier molecular flexibility index (Phi) is 4.08. The molecule has 4 nitrogen and oxygen atoms in total. The highest BCUT2D eigenvalue weighted by atomic mass is 79.9. The number of carboxylic acids is 1. The topological polar surface area (TPSA) is 66.0 Å². The van der Waals surface area contributed by atoms with Gasteiger partial charge in [-0.05, 0) is 19.1 Å². The lowest BCUT2D eigenvalue weighted by Gasteiger charge is -1.98. The molecule has 0 bridgehead atoms. The summed E-state index contributed by atoms with van der Waals surface area (Å²) in [6.45, 7) is 1.92. The van der Waals surface area contributed by atoms with Crippen LogP contribution >= 0.6 is 27.7 Å². The Hall–Kier alpha value is -1.27. The largest absolute Gasteiger partial charge is 0.481 e. The number of aromatic nitrogens is 2. The van der Waals surface area contributed by atoms with Crippen molar-refractivity contribution in [1.82, 2.24) is 9.97 Å². The molecule has 0 aliphatic carbocycles. The van der Waals surface area contributed by atoms with Crippen LogP contribution in [-0.2, 0) is 4.79 Å². The smallest absolute Gasteiger partial charge is 0.313 e. The van der Waals surface area contributed by atoms with Crippen molar-refractivity contribution >= 4 is 33.7 Å². The number of nitrogens with zero attached hydrogens (tertiary/aromatic N) is 1. The first-order valence-electron chi connectivity index (χ1n) is 5.23. The molecule has 94 valence electrons. The number of thioether (sulfide) groups is 1. The fraction of sp³-hybridized carbons (Fsp3) is 0.167. The molecule has 2 rings (SSSR count). The molecule has 0 atom stereocenters. The first kappa shape index (κ1) is 13.2.